The molecule has 3 rings (SSSR count). The first-order chi connectivity index (χ1) is 12.3. The Balaban J connectivity index is 1.68. The summed E-state index contributed by atoms with van der Waals surface area (Å²) in [7, 11) is 0. The minimum absolute atomic E-state index is 0.0171. The molecular weight excluding hydrogens is 351 g/mol. The number of ketones is 1. The third kappa shape index (κ3) is 4.06. The Morgan fingerprint density at radius 3 is 2.73 bits per heavy atom. The monoisotopic (exact) mass is 375 g/mol. The summed E-state index contributed by atoms with van der Waals surface area (Å²) in [5, 5.41) is 13.0. The van der Waals surface area contributed by atoms with Crippen LogP contribution in [0.5, 0.6) is 0 Å². The van der Waals surface area contributed by atoms with E-state index in [1.165, 1.54) is 0 Å². The van der Waals surface area contributed by atoms with Gasteiger partial charge < -0.3 is 14.6 Å². The minimum atomic E-state index is -4.37. The van der Waals surface area contributed by atoms with Gasteiger partial charge in [-0.1, -0.05) is 5.92 Å². The number of aliphatic hydroxyl groups is 1. The Morgan fingerprint density at radius 2 is 2.04 bits per heavy atom. The molecule has 2 saturated carbocycles. The summed E-state index contributed by atoms with van der Waals surface area (Å²) in [6.45, 7) is -0.0674. The number of terminal acetylenes is 1. The van der Waals surface area contributed by atoms with Gasteiger partial charge in [0, 0.05) is 5.92 Å². The topological polar surface area (TPSA) is 67.8 Å². The van der Waals surface area contributed by atoms with Crippen molar-refractivity contribution in [3.63, 3.8) is 0 Å². The largest absolute Gasteiger partial charge is 0.403 e. The maximum atomic E-state index is 13.1. The van der Waals surface area contributed by atoms with Crippen molar-refractivity contribution in [1.82, 2.24) is 5.32 Å². The smallest absolute Gasteiger partial charge is 0.390 e. The van der Waals surface area contributed by atoms with Crippen LogP contribution in [0.1, 0.15) is 32.1 Å². The van der Waals surface area contributed by atoms with Gasteiger partial charge in [0.05, 0.1) is 24.9 Å². The van der Waals surface area contributed by atoms with Crippen molar-refractivity contribution in [1.29, 1.82) is 0 Å². The first-order valence-electron chi connectivity index (χ1n) is 9.02. The van der Waals surface area contributed by atoms with Gasteiger partial charge in [0.1, 0.15) is 18.8 Å². The number of Topliss-reactive ketones (excluding diaryl/α,β-unsaturated/α-hetero) is 1. The number of fused-ring (bicyclic) bond motifs is 2. The number of hydrogen-bond acceptors (Lipinski definition) is 5. The molecule has 3 fully saturated rings. The summed E-state index contributed by atoms with van der Waals surface area (Å²) in [6.07, 6.45) is 0.425. The van der Waals surface area contributed by atoms with Gasteiger partial charge in [-0.25, -0.2) is 0 Å². The van der Waals surface area contributed by atoms with E-state index in [0.717, 1.165) is 12.8 Å². The molecule has 0 radical (unpaired) electrons. The van der Waals surface area contributed by atoms with Crippen molar-refractivity contribution >= 4 is 5.78 Å². The van der Waals surface area contributed by atoms with Crippen molar-refractivity contribution < 1.29 is 32.5 Å². The van der Waals surface area contributed by atoms with E-state index in [0.29, 0.717) is 6.42 Å². The molecule has 8 heteroatoms. The highest BCUT2D eigenvalue weighted by Crippen LogP contribution is 2.42. The van der Waals surface area contributed by atoms with E-state index < -0.39 is 36.6 Å². The van der Waals surface area contributed by atoms with Crippen molar-refractivity contribution in [3.05, 3.63) is 0 Å². The number of hydrogen-bond donors (Lipinski definition) is 2. The number of rotatable bonds is 5. The molecule has 7 unspecified atom stereocenters. The van der Waals surface area contributed by atoms with Crippen LogP contribution in [-0.2, 0) is 14.3 Å². The molecule has 26 heavy (non-hydrogen) atoms. The summed E-state index contributed by atoms with van der Waals surface area (Å²) in [4.78, 5) is 12.5. The van der Waals surface area contributed by atoms with Crippen LogP contribution >= 0.6 is 0 Å². The summed E-state index contributed by atoms with van der Waals surface area (Å²) in [5.41, 5.74) is 0. The van der Waals surface area contributed by atoms with Crippen LogP contribution in [0.25, 0.3) is 0 Å². The predicted octanol–water partition coefficient (Wildman–Crippen LogP) is 1.43. The first kappa shape index (κ1) is 19.6. The highest BCUT2D eigenvalue weighted by molar-refractivity contribution is 5.87. The fraction of sp³-hybridized carbons (Fsp3) is 0.833. The summed E-state index contributed by atoms with van der Waals surface area (Å²) < 4.78 is 50.3. The van der Waals surface area contributed by atoms with Gasteiger partial charge >= 0.3 is 6.18 Å². The van der Waals surface area contributed by atoms with E-state index >= 15 is 0 Å². The van der Waals surface area contributed by atoms with Crippen LogP contribution in [0.3, 0.4) is 0 Å². The molecule has 5 nitrogen and oxygen atoms in total. The van der Waals surface area contributed by atoms with Crippen LogP contribution in [0, 0.1) is 24.2 Å². The lowest BCUT2D eigenvalue weighted by Crippen LogP contribution is -2.60. The van der Waals surface area contributed by atoms with E-state index in [2.05, 4.69) is 11.2 Å². The molecule has 2 bridgehead atoms. The molecule has 2 aliphatic carbocycles. The molecule has 1 aliphatic heterocycles. The van der Waals surface area contributed by atoms with E-state index in [1.807, 2.05) is 0 Å². The van der Waals surface area contributed by atoms with Crippen LogP contribution in [-0.4, -0.2) is 60.7 Å². The Labute approximate surface area is 150 Å². The molecule has 0 spiro atoms. The number of piperidine rings is 1. The van der Waals surface area contributed by atoms with Crippen LogP contribution in [0.15, 0.2) is 0 Å². The summed E-state index contributed by atoms with van der Waals surface area (Å²) >= 11 is 0. The van der Waals surface area contributed by atoms with Gasteiger partial charge in [-0.15, -0.1) is 6.42 Å². The number of halogens is 3. The highest BCUT2D eigenvalue weighted by Gasteiger charge is 2.50. The fourth-order valence-corrected chi connectivity index (χ4v) is 4.37. The molecule has 0 amide bonds. The van der Waals surface area contributed by atoms with E-state index in [4.69, 9.17) is 15.9 Å². The number of ether oxygens (including phenoxy) is 2. The van der Waals surface area contributed by atoms with Crippen molar-refractivity contribution in [2.45, 2.75) is 68.7 Å². The lowest BCUT2D eigenvalue weighted by atomic mass is 9.83. The van der Waals surface area contributed by atoms with Gasteiger partial charge in [-0.05, 0) is 38.0 Å². The lowest BCUT2D eigenvalue weighted by molar-refractivity contribution is -0.186. The molecule has 1 heterocycles. The predicted molar refractivity (Wildman–Crippen MR) is 86.2 cm³/mol. The van der Waals surface area contributed by atoms with Crippen molar-refractivity contribution in [2.75, 3.05) is 13.2 Å². The molecular formula is C18H24F3NO4. The summed E-state index contributed by atoms with van der Waals surface area (Å²) in [5.74, 6) is 2.06. The van der Waals surface area contributed by atoms with Crippen LogP contribution in [0.4, 0.5) is 13.2 Å². The molecule has 0 aromatic carbocycles. The quantitative estimate of drug-likeness (QED) is 0.562. The fourth-order valence-electron chi connectivity index (χ4n) is 4.37. The first-order valence-corrected chi connectivity index (χ1v) is 9.02. The number of alkyl halides is 3. The Kier molecular flexibility index (Phi) is 5.92. The van der Waals surface area contributed by atoms with E-state index in [-0.39, 0.29) is 43.7 Å². The zero-order valence-electron chi connectivity index (χ0n) is 14.4. The van der Waals surface area contributed by atoms with Gasteiger partial charge in [-0.2, -0.15) is 13.2 Å². The second-order valence-electron chi connectivity index (χ2n) is 7.42. The molecule has 1 saturated heterocycles. The second kappa shape index (κ2) is 7.85. The molecule has 146 valence electrons. The average molecular weight is 375 g/mol. The van der Waals surface area contributed by atoms with Gasteiger partial charge in [-0.3, -0.25) is 10.1 Å². The van der Waals surface area contributed by atoms with E-state index in [1.54, 1.807) is 0 Å². The molecule has 2 N–H and O–H groups in total. The van der Waals surface area contributed by atoms with Gasteiger partial charge in [0.25, 0.3) is 0 Å². The van der Waals surface area contributed by atoms with Gasteiger partial charge in [0.2, 0.25) is 0 Å². The molecule has 3 aliphatic rings. The maximum absolute atomic E-state index is 13.1. The number of nitrogens with one attached hydrogen (secondary N) is 1. The Bertz CT molecular complexity index is 562. The zero-order chi connectivity index (χ0) is 18.9. The number of aliphatic hydroxyl groups excluding tert-OH is 1. The average Bonchev–Trinajstić information content (AvgIpc) is 3.04. The van der Waals surface area contributed by atoms with Crippen molar-refractivity contribution in [3.8, 4) is 12.3 Å². The SMILES string of the molecule is C#CCOCC1NC(C(F)(F)F)CCC1OC1C(=O)C2CCC(C2)C1O. The molecule has 7 atom stereocenters. The number of carbonyl (C=O) groups is 1. The Hall–Kier alpha value is -1.14. The Morgan fingerprint density at radius 1 is 1.27 bits per heavy atom. The minimum Gasteiger partial charge on any atom is -0.390 e. The van der Waals surface area contributed by atoms with E-state index in [9.17, 15) is 23.1 Å². The number of carbonyl (C=O) groups excluding carboxylic acids is 1. The highest BCUT2D eigenvalue weighted by atomic mass is 19.4. The van der Waals surface area contributed by atoms with Crippen LogP contribution in [0.2, 0.25) is 0 Å². The standard InChI is InChI=1S/C18H24F3NO4/c1-2-7-25-9-12-13(5-6-14(22-12)18(19,20)21)26-17-15(23)10-3-4-11(8-10)16(17)24/h1,10-15,17,22-23H,3-9H2. The normalized spacial score (nSPS) is 40.4. The zero-order valence-corrected chi connectivity index (χ0v) is 14.4. The third-order valence-electron chi connectivity index (χ3n) is 5.75. The second-order valence-corrected chi connectivity index (χ2v) is 7.42. The van der Waals surface area contributed by atoms with Crippen molar-refractivity contribution in [2.24, 2.45) is 11.8 Å². The van der Waals surface area contributed by atoms with Gasteiger partial charge in [0.15, 0.2) is 5.78 Å². The molecule has 0 aromatic heterocycles. The third-order valence-corrected chi connectivity index (χ3v) is 5.75. The molecule has 0 aromatic rings. The maximum Gasteiger partial charge on any atom is 0.403 e. The summed E-state index contributed by atoms with van der Waals surface area (Å²) in [6, 6.07) is -2.40. The lowest BCUT2D eigenvalue weighted by Gasteiger charge is -2.41. The van der Waals surface area contributed by atoms with Crippen LogP contribution < -0.4 is 5.32 Å².